The maximum absolute atomic E-state index is 12.3. The summed E-state index contributed by atoms with van der Waals surface area (Å²) in [7, 11) is 3.17. The molecule has 3 aromatic rings. The Morgan fingerprint density at radius 3 is 2.66 bits per heavy atom. The van der Waals surface area contributed by atoms with Crippen LogP contribution in [0.4, 0.5) is 5.13 Å². The SMILES string of the molecule is COc1ccc(OC)c(CNC(=O)Cc2csc(NC(=O)Cc3cccs3)n2)c1. The van der Waals surface area contributed by atoms with E-state index in [1.54, 1.807) is 31.7 Å². The summed E-state index contributed by atoms with van der Waals surface area (Å²) in [6, 6.07) is 9.25. The number of rotatable bonds is 9. The summed E-state index contributed by atoms with van der Waals surface area (Å²) in [4.78, 5) is 29.6. The molecule has 29 heavy (non-hydrogen) atoms. The van der Waals surface area contributed by atoms with Crippen molar-refractivity contribution < 1.29 is 19.1 Å². The van der Waals surface area contributed by atoms with Crippen LogP contribution in [0.3, 0.4) is 0 Å². The van der Waals surface area contributed by atoms with E-state index in [2.05, 4.69) is 15.6 Å². The molecule has 2 amide bonds. The Morgan fingerprint density at radius 2 is 1.93 bits per heavy atom. The number of anilines is 1. The molecule has 2 N–H and O–H groups in total. The van der Waals surface area contributed by atoms with Crippen molar-refractivity contribution in [3.63, 3.8) is 0 Å². The second-order valence-electron chi connectivity index (χ2n) is 6.08. The number of nitrogens with zero attached hydrogens (tertiary/aromatic N) is 1. The third-order valence-electron chi connectivity index (χ3n) is 4.02. The number of carbonyl (C=O) groups is 2. The van der Waals surface area contributed by atoms with Crippen molar-refractivity contribution in [1.82, 2.24) is 10.3 Å². The van der Waals surface area contributed by atoms with Crippen LogP contribution in [0.5, 0.6) is 11.5 Å². The molecule has 0 saturated heterocycles. The van der Waals surface area contributed by atoms with Crippen LogP contribution in [-0.2, 0) is 29.0 Å². The van der Waals surface area contributed by atoms with E-state index >= 15 is 0 Å². The van der Waals surface area contributed by atoms with E-state index in [1.165, 1.54) is 22.7 Å². The molecule has 9 heteroatoms. The second kappa shape index (κ2) is 10.0. The molecule has 2 aromatic heterocycles. The number of hydrogen-bond acceptors (Lipinski definition) is 7. The summed E-state index contributed by atoms with van der Waals surface area (Å²) < 4.78 is 10.5. The van der Waals surface area contributed by atoms with Gasteiger partial charge in [0.15, 0.2) is 5.13 Å². The summed E-state index contributed by atoms with van der Waals surface area (Å²) in [6.45, 7) is 0.313. The third kappa shape index (κ3) is 6.03. The maximum atomic E-state index is 12.3. The zero-order valence-electron chi connectivity index (χ0n) is 16.1. The van der Waals surface area contributed by atoms with Gasteiger partial charge in [-0.3, -0.25) is 9.59 Å². The fraction of sp³-hybridized carbons (Fsp3) is 0.250. The lowest BCUT2D eigenvalue weighted by Gasteiger charge is -2.11. The van der Waals surface area contributed by atoms with E-state index in [-0.39, 0.29) is 18.2 Å². The zero-order valence-corrected chi connectivity index (χ0v) is 17.7. The molecule has 0 saturated carbocycles. The number of amides is 2. The van der Waals surface area contributed by atoms with Gasteiger partial charge in [0.05, 0.1) is 32.8 Å². The molecule has 3 rings (SSSR count). The number of thiazole rings is 1. The van der Waals surface area contributed by atoms with Crippen LogP contribution in [0, 0.1) is 0 Å². The Balaban J connectivity index is 1.51. The molecule has 0 bridgehead atoms. The molecule has 0 radical (unpaired) electrons. The summed E-state index contributed by atoms with van der Waals surface area (Å²) in [6.07, 6.45) is 0.443. The average molecular weight is 432 g/mol. The Labute approximate surface area is 176 Å². The molecule has 0 atom stereocenters. The van der Waals surface area contributed by atoms with Gasteiger partial charge < -0.3 is 20.1 Å². The quantitative estimate of drug-likeness (QED) is 0.543. The summed E-state index contributed by atoms with van der Waals surface area (Å²) in [5.74, 6) is 1.08. The van der Waals surface area contributed by atoms with Gasteiger partial charge >= 0.3 is 0 Å². The van der Waals surface area contributed by atoms with E-state index in [1.807, 2.05) is 23.6 Å². The normalized spacial score (nSPS) is 10.4. The van der Waals surface area contributed by atoms with Crippen LogP contribution >= 0.6 is 22.7 Å². The highest BCUT2D eigenvalue weighted by Crippen LogP contribution is 2.24. The molecular weight excluding hydrogens is 410 g/mol. The lowest BCUT2D eigenvalue weighted by Crippen LogP contribution is -2.25. The fourth-order valence-electron chi connectivity index (χ4n) is 2.62. The maximum Gasteiger partial charge on any atom is 0.231 e. The van der Waals surface area contributed by atoms with E-state index in [9.17, 15) is 9.59 Å². The Hall–Kier alpha value is -2.91. The summed E-state index contributed by atoms with van der Waals surface area (Å²) >= 11 is 2.84. The van der Waals surface area contributed by atoms with Crippen LogP contribution in [0.2, 0.25) is 0 Å². The first-order valence-corrected chi connectivity index (χ1v) is 10.6. The molecule has 0 spiro atoms. The number of benzene rings is 1. The second-order valence-corrected chi connectivity index (χ2v) is 7.97. The molecule has 0 fully saturated rings. The summed E-state index contributed by atoms with van der Waals surface area (Å²) in [5, 5.41) is 9.82. The largest absolute Gasteiger partial charge is 0.497 e. The lowest BCUT2D eigenvalue weighted by atomic mass is 10.2. The predicted molar refractivity (Wildman–Crippen MR) is 114 cm³/mol. The highest BCUT2D eigenvalue weighted by Gasteiger charge is 2.12. The first-order chi connectivity index (χ1) is 14.1. The minimum absolute atomic E-state index is 0.122. The molecule has 0 aliphatic heterocycles. The van der Waals surface area contributed by atoms with Gasteiger partial charge in [-0.1, -0.05) is 6.07 Å². The van der Waals surface area contributed by atoms with E-state index in [4.69, 9.17) is 9.47 Å². The number of ether oxygens (including phenoxy) is 2. The Kier molecular flexibility index (Phi) is 7.20. The first-order valence-electron chi connectivity index (χ1n) is 8.81. The fourth-order valence-corrected chi connectivity index (χ4v) is 4.05. The van der Waals surface area contributed by atoms with Crippen molar-refractivity contribution in [2.75, 3.05) is 19.5 Å². The molecule has 0 aliphatic carbocycles. The molecule has 0 unspecified atom stereocenters. The first kappa shape index (κ1) is 20.8. The van der Waals surface area contributed by atoms with Gasteiger partial charge in [0, 0.05) is 22.4 Å². The van der Waals surface area contributed by atoms with Crippen molar-refractivity contribution in [1.29, 1.82) is 0 Å². The predicted octanol–water partition coefficient (Wildman–Crippen LogP) is 3.26. The van der Waals surface area contributed by atoms with E-state index in [0.717, 1.165) is 10.4 Å². The van der Waals surface area contributed by atoms with Crippen molar-refractivity contribution in [3.8, 4) is 11.5 Å². The average Bonchev–Trinajstić information content (AvgIpc) is 3.38. The number of methoxy groups -OCH3 is 2. The highest BCUT2D eigenvalue weighted by molar-refractivity contribution is 7.14. The monoisotopic (exact) mass is 431 g/mol. The van der Waals surface area contributed by atoms with Gasteiger partial charge in [-0.2, -0.15) is 0 Å². The van der Waals surface area contributed by atoms with Gasteiger partial charge in [0.2, 0.25) is 11.8 Å². The minimum Gasteiger partial charge on any atom is -0.497 e. The van der Waals surface area contributed by atoms with E-state index < -0.39 is 0 Å². The molecule has 7 nitrogen and oxygen atoms in total. The Morgan fingerprint density at radius 1 is 1.07 bits per heavy atom. The number of carbonyl (C=O) groups excluding carboxylic acids is 2. The molecule has 1 aromatic carbocycles. The summed E-state index contributed by atoms with van der Waals surface area (Å²) in [5.41, 5.74) is 1.43. The minimum atomic E-state index is -0.170. The number of nitrogens with one attached hydrogen (secondary N) is 2. The standard InChI is InChI=1S/C20H21N3O4S2/c1-26-15-5-6-17(27-2)13(8-15)11-21-18(24)9-14-12-29-20(22-14)23-19(25)10-16-4-3-7-28-16/h3-8,12H,9-11H2,1-2H3,(H,21,24)(H,22,23,25). The van der Waals surface area contributed by atoms with Crippen molar-refractivity contribution in [2.24, 2.45) is 0 Å². The van der Waals surface area contributed by atoms with Crippen LogP contribution in [0.1, 0.15) is 16.1 Å². The smallest absolute Gasteiger partial charge is 0.231 e. The molecular formula is C20H21N3O4S2. The van der Waals surface area contributed by atoms with E-state index in [0.29, 0.717) is 35.3 Å². The molecule has 152 valence electrons. The van der Waals surface area contributed by atoms with Crippen molar-refractivity contribution in [2.45, 2.75) is 19.4 Å². The van der Waals surface area contributed by atoms with Gasteiger partial charge in [-0.25, -0.2) is 4.98 Å². The van der Waals surface area contributed by atoms with Crippen molar-refractivity contribution in [3.05, 3.63) is 57.2 Å². The number of aromatic nitrogens is 1. The lowest BCUT2D eigenvalue weighted by molar-refractivity contribution is -0.120. The molecule has 2 heterocycles. The zero-order chi connectivity index (χ0) is 20.6. The van der Waals surface area contributed by atoms with Gasteiger partial charge in [0.25, 0.3) is 0 Å². The topological polar surface area (TPSA) is 89.5 Å². The van der Waals surface area contributed by atoms with Crippen LogP contribution in [-0.4, -0.2) is 31.0 Å². The van der Waals surface area contributed by atoms with Crippen molar-refractivity contribution >= 4 is 39.6 Å². The Bertz CT molecular complexity index is 970. The van der Waals surface area contributed by atoms with Crippen LogP contribution in [0.25, 0.3) is 0 Å². The number of thiophene rings is 1. The van der Waals surface area contributed by atoms with Crippen LogP contribution < -0.4 is 20.1 Å². The highest BCUT2D eigenvalue weighted by atomic mass is 32.1. The van der Waals surface area contributed by atoms with Gasteiger partial charge in [-0.05, 0) is 29.6 Å². The molecule has 0 aliphatic rings. The van der Waals surface area contributed by atoms with Gasteiger partial charge in [0.1, 0.15) is 11.5 Å². The van der Waals surface area contributed by atoms with Gasteiger partial charge in [-0.15, -0.1) is 22.7 Å². The number of hydrogen-bond donors (Lipinski definition) is 2. The van der Waals surface area contributed by atoms with Crippen LogP contribution in [0.15, 0.2) is 41.1 Å². The third-order valence-corrected chi connectivity index (χ3v) is 5.70.